The van der Waals surface area contributed by atoms with Crippen molar-refractivity contribution in [3.05, 3.63) is 88.6 Å². The molecule has 0 amide bonds. The van der Waals surface area contributed by atoms with Crippen LogP contribution >= 0.6 is 15.9 Å². The quantitative estimate of drug-likeness (QED) is 0.402. The van der Waals surface area contributed by atoms with Gasteiger partial charge in [0.1, 0.15) is 23.0 Å². The number of nitrogens with zero attached hydrogens (tertiary/aromatic N) is 1. The zero-order valence-corrected chi connectivity index (χ0v) is 16.2. The van der Waals surface area contributed by atoms with Gasteiger partial charge in [-0.3, -0.25) is 0 Å². The summed E-state index contributed by atoms with van der Waals surface area (Å²) >= 11 is 3.33. The Labute approximate surface area is 169 Å². The Morgan fingerprint density at radius 1 is 0.964 bits per heavy atom. The second-order valence-corrected chi connectivity index (χ2v) is 6.98. The Morgan fingerprint density at radius 2 is 1.75 bits per heavy atom. The lowest BCUT2D eigenvalue weighted by molar-refractivity contribution is 0.281. The number of hydrogen-bond donors (Lipinski definition) is 1. The van der Waals surface area contributed by atoms with Gasteiger partial charge in [0.2, 0.25) is 0 Å². The van der Waals surface area contributed by atoms with Crippen molar-refractivity contribution in [1.29, 1.82) is 0 Å². The Kier molecular flexibility index (Phi) is 5.23. The Bertz CT molecular complexity index is 1110. The Morgan fingerprint density at radius 3 is 2.54 bits per heavy atom. The fourth-order valence-electron chi connectivity index (χ4n) is 2.90. The second kappa shape index (κ2) is 7.96. The van der Waals surface area contributed by atoms with Gasteiger partial charge in [0.25, 0.3) is 0 Å². The summed E-state index contributed by atoms with van der Waals surface area (Å²) in [6.45, 7) is -0.343. The zero-order chi connectivity index (χ0) is 19.5. The van der Waals surface area contributed by atoms with Crippen LogP contribution < -0.4 is 4.74 Å². The van der Waals surface area contributed by atoms with Gasteiger partial charge in [-0.2, -0.15) is 0 Å². The van der Waals surface area contributed by atoms with Gasteiger partial charge in [-0.15, -0.1) is 0 Å². The molecule has 3 aromatic carbocycles. The third-order valence-electron chi connectivity index (χ3n) is 4.21. The minimum Gasteiger partial charge on any atom is -0.457 e. The van der Waals surface area contributed by atoms with Crippen molar-refractivity contribution in [2.75, 3.05) is 0 Å². The summed E-state index contributed by atoms with van der Waals surface area (Å²) in [6.07, 6.45) is 0. The number of aliphatic hydroxyl groups is 1. The van der Waals surface area contributed by atoms with Crippen molar-refractivity contribution >= 4 is 15.9 Å². The van der Waals surface area contributed by atoms with Crippen LogP contribution in [0.4, 0.5) is 4.39 Å². The van der Waals surface area contributed by atoms with E-state index >= 15 is 0 Å². The van der Waals surface area contributed by atoms with Gasteiger partial charge in [-0.25, -0.2) is 4.39 Å². The van der Waals surface area contributed by atoms with Gasteiger partial charge in [-0.05, 0) is 42.5 Å². The number of hydrogen-bond acceptors (Lipinski definition) is 4. The lowest BCUT2D eigenvalue weighted by Gasteiger charge is -2.07. The molecule has 0 aliphatic carbocycles. The van der Waals surface area contributed by atoms with Crippen LogP contribution in [0.1, 0.15) is 5.56 Å². The fourth-order valence-corrected chi connectivity index (χ4v) is 3.26. The van der Waals surface area contributed by atoms with Crippen LogP contribution in [0.25, 0.3) is 22.6 Å². The molecule has 0 atom stereocenters. The lowest BCUT2D eigenvalue weighted by atomic mass is 10.0. The average Bonchev–Trinajstić information content (AvgIpc) is 3.14. The molecule has 0 aliphatic rings. The smallest absolute Gasteiger partial charge is 0.175 e. The summed E-state index contributed by atoms with van der Waals surface area (Å²) in [4.78, 5) is 0. The molecule has 1 heterocycles. The molecule has 0 fully saturated rings. The molecule has 1 aromatic heterocycles. The molecule has 28 heavy (non-hydrogen) atoms. The van der Waals surface area contributed by atoms with E-state index in [9.17, 15) is 9.50 Å². The molecule has 0 radical (unpaired) electrons. The molecular weight excluding hydrogens is 425 g/mol. The van der Waals surface area contributed by atoms with Crippen LogP contribution in [0, 0.1) is 5.82 Å². The number of para-hydroxylation sites is 1. The number of aliphatic hydroxyl groups excluding tert-OH is 1. The molecule has 0 bridgehead atoms. The van der Waals surface area contributed by atoms with Crippen molar-refractivity contribution in [1.82, 2.24) is 5.16 Å². The minimum atomic E-state index is -0.457. The SMILES string of the molecule is OCc1c(-c2cccc(Oc3ccccc3)c2)noc1-c1cc(Br)ccc1F. The van der Waals surface area contributed by atoms with E-state index in [0.29, 0.717) is 32.8 Å². The highest BCUT2D eigenvalue weighted by Gasteiger charge is 2.21. The van der Waals surface area contributed by atoms with E-state index in [1.165, 1.54) is 6.07 Å². The van der Waals surface area contributed by atoms with Gasteiger partial charge >= 0.3 is 0 Å². The first-order chi connectivity index (χ1) is 13.7. The summed E-state index contributed by atoms with van der Waals surface area (Å²) in [5.74, 6) is 1.07. The van der Waals surface area contributed by atoms with E-state index in [0.717, 1.165) is 0 Å². The molecule has 0 unspecified atom stereocenters. The van der Waals surface area contributed by atoms with Gasteiger partial charge in [0.05, 0.1) is 17.7 Å². The maximum Gasteiger partial charge on any atom is 0.175 e. The maximum absolute atomic E-state index is 14.3. The molecule has 4 nitrogen and oxygen atoms in total. The van der Waals surface area contributed by atoms with E-state index < -0.39 is 5.82 Å². The molecule has 6 heteroatoms. The van der Waals surface area contributed by atoms with Crippen molar-refractivity contribution < 1.29 is 18.8 Å². The largest absolute Gasteiger partial charge is 0.457 e. The van der Waals surface area contributed by atoms with E-state index in [4.69, 9.17) is 9.26 Å². The fraction of sp³-hybridized carbons (Fsp3) is 0.0455. The summed E-state index contributed by atoms with van der Waals surface area (Å²) in [7, 11) is 0. The number of halogens is 2. The van der Waals surface area contributed by atoms with Crippen LogP contribution in [-0.2, 0) is 6.61 Å². The second-order valence-electron chi connectivity index (χ2n) is 6.06. The molecule has 0 aliphatic heterocycles. The first-order valence-electron chi connectivity index (χ1n) is 8.54. The molecule has 4 aromatic rings. The van der Waals surface area contributed by atoms with Gasteiger partial charge in [0.15, 0.2) is 5.76 Å². The van der Waals surface area contributed by atoms with Crippen molar-refractivity contribution in [2.45, 2.75) is 6.61 Å². The van der Waals surface area contributed by atoms with Crippen LogP contribution in [0.3, 0.4) is 0 Å². The van der Waals surface area contributed by atoms with Crippen LogP contribution in [0.15, 0.2) is 81.8 Å². The van der Waals surface area contributed by atoms with Crippen LogP contribution in [-0.4, -0.2) is 10.3 Å². The van der Waals surface area contributed by atoms with E-state index in [1.807, 2.05) is 48.5 Å². The van der Waals surface area contributed by atoms with Gasteiger partial charge in [-0.1, -0.05) is 51.4 Å². The highest BCUT2D eigenvalue weighted by atomic mass is 79.9. The third kappa shape index (κ3) is 3.69. The van der Waals surface area contributed by atoms with E-state index in [-0.39, 0.29) is 17.9 Å². The van der Waals surface area contributed by atoms with Gasteiger partial charge in [0, 0.05) is 10.0 Å². The number of benzene rings is 3. The summed E-state index contributed by atoms with van der Waals surface area (Å²) < 4.78 is 26.2. The molecule has 0 spiro atoms. The first-order valence-corrected chi connectivity index (χ1v) is 9.33. The topological polar surface area (TPSA) is 55.5 Å². The Balaban J connectivity index is 1.73. The molecule has 1 N–H and O–H groups in total. The number of aromatic nitrogens is 1. The predicted molar refractivity (Wildman–Crippen MR) is 107 cm³/mol. The van der Waals surface area contributed by atoms with Crippen LogP contribution in [0.5, 0.6) is 11.5 Å². The van der Waals surface area contributed by atoms with Crippen molar-refractivity contribution in [2.24, 2.45) is 0 Å². The molecule has 4 rings (SSSR count). The maximum atomic E-state index is 14.3. The van der Waals surface area contributed by atoms with Crippen LogP contribution in [0.2, 0.25) is 0 Å². The highest BCUT2D eigenvalue weighted by molar-refractivity contribution is 9.10. The monoisotopic (exact) mass is 439 g/mol. The Hall–Kier alpha value is -2.96. The molecule has 140 valence electrons. The predicted octanol–water partition coefficient (Wildman–Crippen LogP) is 6.19. The van der Waals surface area contributed by atoms with E-state index in [2.05, 4.69) is 21.1 Å². The lowest BCUT2D eigenvalue weighted by Crippen LogP contribution is -1.92. The molecule has 0 saturated carbocycles. The molecule has 0 saturated heterocycles. The summed E-state index contributed by atoms with van der Waals surface area (Å²) in [5.41, 5.74) is 1.78. The minimum absolute atomic E-state index is 0.200. The number of ether oxygens (including phenoxy) is 1. The molecular formula is C22H15BrFNO3. The average molecular weight is 440 g/mol. The van der Waals surface area contributed by atoms with E-state index in [1.54, 1.807) is 18.2 Å². The standard InChI is InChI=1S/C22H15BrFNO3/c23-15-9-10-20(24)18(12-15)22-19(13-26)21(25-28-22)14-5-4-8-17(11-14)27-16-6-2-1-3-7-16/h1-12,26H,13H2. The highest BCUT2D eigenvalue weighted by Crippen LogP contribution is 2.36. The first kappa shape index (κ1) is 18.4. The third-order valence-corrected chi connectivity index (χ3v) is 4.70. The zero-order valence-electron chi connectivity index (χ0n) is 14.6. The van der Waals surface area contributed by atoms with Crippen molar-refractivity contribution in [3.63, 3.8) is 0 Å². The number of rotatable bonds is 5. The van der Waals surface area contributed by atoms with Gasteiger partial charge < -0.3 is 14.4 Å². The van der Waals surface area contributed by atoms with Crippen molar-refractivity contribution in [3.8, 4) is 34.1 Å². The summed E-state index contributed by atoms with van der Waals surface area (Å²) in [6, 6.07) is 21.2. The normalized spacial score (nSPS) is 10.8. The summed E-state index contributed by atoms with van der Waals surface area (Å²) in [5, 5.41) is 14.0.